The first kappa shape index (κ1) is 21.4. The first-order valence-electron chi connectivity index (χ1n) is 10.7. The number of piperazine rings is 2. The van der Waals surface area contributed by atoms with Crippen molar-refractivity contribution >= 4 is 11.8 Å². The Bertz CT molecular complexity index is 902. The molecule has 2 amide bonds. The molecular formula is C23H28FN5O2. The van der Waals surface area contributed by atoms with Gasteiger partial charge in [0.15, 0.2) is 0 Å². The van der Waals surface area contributed by atoms with Crippen molar-refractivity contribution in [3.63, 3.8) is 0 Å². The average molecular weight is 426 g/mol. The van der Waals surface area contributed by atoms with E-state index < -0.39 is 6.04 Å². The lowest BCUT2D eigenvalue weighted by molar-refractivity contribution is -0.140. The summed E-state index contributed by atoms with van der Waals surface area (Å²) in [7, 11) is 0. The number of halogens is 1. The largest absolute Gasteiger partial charge is 0.353 e. The summed E-state index contributed by atoms with van der Waals surface area (Å²) < 4.78 is 13.6. The molecule has 0 bridgehead atoms. The Balaban J connectivity index is 1.32. The van der Waals surface area contributed by atoms with Crippen molar-refractivity contribution in [2.75, 3.05) is 39.3 Å². The van der Waals surface area contributed by atoms with Crippen LogP contribution in [0.1, 0.15) is 17.5 Å². The molecule has 4 rings (SSSR count). The van der Waals surface area contributed by atoms with Crippen LogP contribution in [0.15, 0.2) is 48.8 Å². The smallest absolute Gasteiger partial charge is 0.237 e. The summed E-state index contributed by atoms with van der Waals surface area (Å²) in [4.78, 5) is 35.8. The van der Waals surface area contributed by atoms with E-state index >= 15 is 0 Å². The van der Waals surface area contributed by atoms with Gasteiger partial charge in [-0.3, -0.25) is 24.4 Å². The molecule has 1 N–H and O–H groups in total. The van der Waals surface area contributed by atoms with Crippen LogP contribution < -0.4 is 5.32 Å². The summed E-state index contributed by atoms with van der Waals surface area (Å²) in [5, 5.41) is 2.86. The highest BCUT2D eigenvalue weighted by atomic mass is 19.1. The van der Waals surface area contributed by atoms with E-state index in [4.69, 9.17) is 0 Å². The SMILES string of the molecule is O=C1NCCN(Cc2cccc(F)c2)[C@@H]1CC(=O)N1CCN(Cc2cccnc2)CC1. The van der Waals surface area contributed by atoms with E-state index in [9.17, 15) is 14.0 Å². The van der Waals surface area contributed by atoms with Crippen molar-refractivity contribution in [3.05, 3.63) is 65.7 Å². The number of nitrogens with one attached hydrogen (secondary N) is 1. The van der Waals surface area contributed by atoms with Gasteiger partial charge in [0.05, 0.1) is 12.5 Å². The van der Waals surface area contributed by atoms with Crippen LogP contribution in [0, 0.1) is 5.82 Å². The maximum absolute atomic E-state index is 13.6. The zero-order valence-electron chi connectivity index (χ0n) is 17.5. The number of rotatable bonds is 6. The molecule has 0 unspecified atom stereocenters. The van der Waals surface area contributed by atoms with Gasteiger partial charge in [-0.05, 0) is 29.3 Å². The predicted octanol–water partition coefficient (Wildman–Crippen LogP) is 1.26. The zero-order valence-corrected chi connectivity index (χ0v) is 17.5. The molecule has 3 heterocycles. The van der Waals surface area contributed by atoms with Crippen LogP contribution in [0.2, 0.25) is 0 Å². The fourth-order valence-corrected chi connectivity index (χ4v) is 4.24. The minimum Gasteiger partial charge on any atom is -0.353 e. The molecule has 2 fully saturated rings. The van der Waals surface area contributed by atoms with Crippen molar-refractivity contribution < 1.29 is 14.0 Å². The van der Waals surface area contributed by atoms with Crippen molar-refractivity contribution in [1.82, 2.24) is 25.0 Å². The lowest BCUT2D eigenvalue weighted by Gasteiger charge is -2.38. The van der Waals surface area contributed by atoms with Gasteiger partial charge in [0.1, 0.15) is 5.82 Å². The third kappa shape index (κ3) is 5.65. The molecule has 8 heteroatoms. The second-order valence-corrected chi connectivity index (χ2v) is 8.13. The minimum atomic E-state index is -0.530. The monoisotopic (exact) mass is 425 g/mol. The first-order chi connectivity index (χ1) is 15.1. The summed E-state index contributed by atoms with van der Waals surface area (Å²) in [6.45, 7) is 5.33. The number of carbonyl (C=O) groups excluding carboxylic acids is 2. The van der Waals surface area contributed by atoms with E-state index in [0.717, 1.165) is 30.8 Å². The van der Waals surface area contributed by atoms with Crippen molar-refractivity contribution in [2.45, 2.75) is 25.6 Å². The molecule has 164 valence electrons. The molecule has 2 aliphatic rings. The minimum absolute atomic E-state index is 0.00711. The van der Waals surface area contributed by atoms with Gasteiger partial charge in [-0.1, -0.05) is 18.2 Å². The Morgan fingerprint density at radius 2 is 1.87 bits per heavy atom. The van der Waals surface area contributed by atoms with E-state index in [-0.39, 0.29) is 24.1 Å². The summed E-state index contributed by atoms with van der Waals surface area (Å²) in [6.07, 6.45) is 3.77. The Labute approximate surface area is 181 Å². The maximum Gasteiger partial charge on any atom is 0.237 e. The van der Waals surface area contributed by atoms with E-state index in [2.05, 4.69) is 21.3 Å². The van der Waals surface area contributed by atoms with Crippen molar-refractivity contribution in [2.24, 2.45) is 0 Å². The number of benzene rings is 1. The van der Waals surface area contributed by atoms with Gasteiger partial charge in [0, 0.05) is 64.8 Å². The number of nitrogens with zero attached hydrogens (tertiary/aromatic N) is 4. The Hall–Kier alpha value is -2.84. The standard InChI is InChI=1S/C23H28FN5O2/c24-20-5-1-3-18(13-20)17-29-8-7-26-23(31)21(29)14-22(30)28-11-9-27(10-12-28)16-19-4-2-6-25-15-19/h1-6,13,15,21H,7-12,14,16-17H2,(H,26,31)/t21-/m1/s1. The molecule has 2 aromatic rings. The third-order valence-electron chi connectivity index (χ3n) is 5.94. The number of aromatic nitrogens is 1. The molecule has 1 aromatic heterocycles. The number of amides is 2. The summed E-state index contributed by atoms with van der Waals surface area (Å²) in [5.41, 5.74) is 1.96. The van der Waals surface area contributed by atoms with Gasteiger partial charge in [-0.15, -0.1) is 0 Å². The fraction of sp³-hybridized carbons (Fsp3) is 0.435. The molecule has 0 saturated carbocycles. The van der Waals surface area contributed by atoms with E-state index in [1.165, 1.54) is 12.1 Å². The van der Waals surface area contributed by atoms with E-state index in [1.54, 1.807) is 12.3 Å². The molecule has 0 spiro atoms. The van der Waals surface area contributed by atoms with Crippen molar-refractivity contribution in [1.29, 1.82) is 0 Å². The van der Waals surface area contributed by atoms with E-state index in [0.29, 0.717) is 32.7 Å². The maximum atomic E-state index is 13.6. The van der Waals surface area contributed by atoms with Gasteiger partial charge in [0.2, 0.25) is 11.8 Å². The highest BCUT2D eigenvalue weighted by Crippen LogP contribution is 2.17. The zero-order chi connectivity index (χ0) is 21.6. The third-order valence-corrected chi connectivity index (χ3v) is 5.94. The lowest BCUT2D eigenvalue weighted by atomic mass is 10.1. The fourth-order valence-electron chi connectivity index (χ4n) is 4.24. The first-order valence-corrected chi connectivity index (χ1v) is 10.7. The molecule has 2 saturated heterocycles. The average Bonchev–Trinajstić information content (AvgIpc) is 2.77. The normalized spacial score (nSPS) is 20.5. The molecule has 0 aliphatic carbocycles. The van der Waals surface area contributed by atoms with Crippen molar-refractivity contribution in [3.8, 4) is 0 Å². The van der Waals surface area contributed by atoms with Crippen LogP contribution in [-0.4, -0.2) is 76.8 Å². The summed E-state index contributed by atoms with van der Waals surface area (Å²) in [5.74, 6) is -0.436. The molecular weight excluding hydrogens is 397 g/mol. The molecule has 1 aromatic carbocycles. The number of hydrogen-bond donors (Lipinski definition) is 1. The highest BCUT2D eigenvalue weighted by Gasteiger charge is 2.33. The number of hydrogen-bond acceptors (Lipinski definition) is 5. The second kappa shape index (κ2) is 9.98. The van der Waals surface area contributed by atoms with Gasteiger partial charge in [-0.25, -0.2) is 4.39 Å². The van der Waals surface area contributed by atoms with Gasteiger partial charge in [-0.2, -0.15) is 0 Å². The molecule has 31 heavy (non-hydrogen) atoms. The predicted molar refractivity (Wildman–Crippen MR) is 114 cm³/mol. The topological polar surface area (TPSA) is 68.8 Å². The lowest BCUT2D eigenvalue weighted by Crippen LogP contribution is -2.57. The quantitative estimate of drug-likeness (QED) is 0.755. The van der Waals surface area contributed by atoms with Gasteiger partial charge in [0.25, 0.3) is 0 Å². The van der Waals surface area contributed by atoms with Gasteiger partial charge >= 0.3 is 0 Å². The van der Waals surface area contributed by atoms with Crippen LogP contribution in [0.3, 0.4) is 0 Å². The molecule has 1 atom stereocenters. The Morgan fingerprint density at radius 1 is 1.06 bits per heavy atom. The van der Waals surface area contributed by atoms with Crippen LogP contribution in [0.25, 0.3) is 0 Å². The van der Waals surface area contributed by atoms with Gasteiger partial charge < -0.3 is 10.2 Å². The molecule has 0 radical (unpaired) electrons. The summed E-state index contributed by atoms with van der Waals surface area (Å²) >= 11 is 0. The van der Waals surface area contributed by atoms with Crippen LogP contribution in [-0.2, 0) is 22.7 Å². The van der Waals surface area contributed by atoms with Crippen LogP contribution >= 0.6 is 0 Å². The van der Waals surface area contributed by atoms with Crippen LogP contribution in [0.5, 0.6) is 0 Å². The van der Waals surface area contributed by atoms with Crippen LogP contribution in [0.4, 0.5) is 4.39 Å². The number of pyridine rings is 1. The Kier molecular flexibility index (Phi) is 6.89. The summed E-state index contributed by atoms with van der Waals surface area (Å²) in [6, 6.07) is 9.85. The molecule has 7 nitrogen and oxygen atoms in total. The Morgan fingerprint density at radius 3 is 2.61 bits per heavy atom. The van der Waals surface area contributed by atoms with E-state index in [1.807, 2.05) is 28.1 Å². The highest BCUT2D eigenvalue weighted by molar-refractivity contribution is 5.88. The second-order valence-electron chi connectivity index (χ2n) is 8.13. The molecule has 2 aliphatic heterocycles. The number of carbonyl (C=O) groups is 2.